The second-order valence-corrected chi connectivity index (χ2v) is 1.52. The third-order valence-electron chi connectivity index (χ3n) is 0.931. The Morgan fingerprint density at radius 1 is 1.70 bits per heavy atom. The van der Waals surface area contributed by atoms with Crippen molar-refractivity contribution < 1.29 is 9.72 Å². The normalized spacial score (nSPS) is 28.8. The Morgan fingerprint density at radius 2 is 2.40 bits per heavy atom. The molecule has 0 bridgehead atoms. The van der Waals surface area contributed by atoms with Gasteiger partial charge in [0.1, 0.15) is 6.34 Å². The van der Waals surface area contributed by atoms with Crippen LogP contribution in [0.4, 0.5) is 0 Å². The summed E-state index contributed by atoms with van der Waals surface area (Å²) in [4.78, 5) is 22.4. The van der Waals surface area contributed by atoms with Crippen LogP contribution in [0.1, 0.15) is 0 Å². The topological polar surface area (TPSA) is 97.3 Å². The van der Waals surface area contributed by atoms with Crippen molar-refractivity contribution in [2.45, 2.75) is 5.79 Å². The van der Waals surface area contributed by atoms with E-state index in [9.17, 15) is 14.9 Å². The van der Waals surface area contributed by atoms with Crippen LogP contribution in [-0.2, 0) is 4.79 Å². The second-order valence-electron chi connectivity index (χ2n) is 1.52. The standard InChI is InChI=1S/C3H2N4O3/c8-1-3(7(9)10)4-2-5-6-3/h1-2H. The molecule has 10 heavy (non-hydrogen) atoms. The quantitative estimate of drug-likeness (QED) is 0.298. The predicted octanol–water partition coefficient (Wildman–Crippen LogP) is -0.390. The van der Waals surface area contributed by atoms with E-state index in [0.717, 1.165) is 6.34 Å². The van der Waals surface area contributed by atoms with Gasteiger partial charge in [-0.05, 0) is 0 Å². The van der Waals surface area contributed by atoms with Crippen LogP contribution < -0.4 is 0 Å². The van der Waals surface area contributed by atoms with Crippen LogP contribution in [0.25, 0.3) is 0 Å². The first kappa shape index (κ1) is 6.46. The Hall–Kier alpha value is -1.66. The third kappa shape index (κ3) is 0.677. The average molecular weight is 142 g/mol. The number of nitro groups is 1. The number of hydrogen-bond donors (Lipinski definition) is 0. The van der Waals surface area contributed by atoms with Crippen molar-refractivity contribution in [1.29, 1.82) is 0 Å². The Bertz CT molecular complexity index is 220. The summed E-state index contributed by atoms with van der Waals surface area (Å²) >= 11 is 0. The zero-order chi connectivity index (χ0) is 7.61. The summed E-state index contributed by atoms with van der Waals surface area (Å²) in [5, 5.41) is 16.2. The van der Waals surface area contributed by atoms with Gasteiger partial charge in [-0.25, -0.2) is 0 Å². The zero-order valence-electron chi connectivity index (χ0n) is 4.67. The predicted molar refractivity (Wildman–Crippen MR) is 29.1 cm³/mol. The molecule has 0 radical (unpaired) electrons. The van der Waals surface area contributed by atoms with Gasteiger partial charge in [-0.1, -0.05) is 5.11 Å². The van der Waals surface area contributed by atoms with Crippen LogP contribution in [0.2, 0.25) is 0 Å². The van der Waals surface area contributed by atoms with Crippen LogP contribution >= 0.6 is 0 Å². The lowest BCUT2D eigenvalue weighted by Gasteiger charge is -2.00. The molecule has 7 nitrogen and oxygen atoms in total. The molecule has 0 aromatic carbocycles. The maximum absolute atomic E-state index is 10.1. The van der Waals surface area contributed by atoms with E-state index in [4.69, 9.17) is 0 Å². The van der Waals surface area contributed by atoms with Gasteiger partial charge in [-0.2, -0.15) is 4.99 Å². The molecule has 0 aromatic heterocycles. The highest BCUT2D eigenvalue weighted by Crippen LogP contribution is 2.14. The first-order chi connectivity index (χ1) is 4.71. The maximum atomic E-state index is 10.1. The second kappa shape index (κ2) is 1.94. The van der Waals surface area contributed by atoms with Gasteiger partial charge < -0.3 is 0 Å². The van der Waals surface area contributed by atoms with Crippen molar-refractivity contribution in [3.05, 3.63) is 10.1 Å². The summed E-state index contributed by atoms with van der Waals surface area (Å²) in [6, 6.07) is 0. The van der Waals surface area contributed by atoms with E-state index in [2.05, 4.69) is 15.2 Å². The SMILES string of the molecule is O=CC1([N+](=O)[O-])N=CN=N1. The molecule has 0 aromatic rings. The molecule has 0 saturated carbocycles. The molecule has 52 valence electrons. The minimum Gasteiger partial charge on any atom is -0.290 e. The molecule has 0 saturated heterocycles. The summed E-state index contributed by atoms with van der Waals surface area (Å²) in [6.45, 7) is 0. The minimum atomic E-state index is -2.19. The number of carbonyl (C=O) groups is 1. The summed E-state index contributed by atoms with van der Waals surface area (Å²) in [5.41, 5.74) is 0. The number of aliphatic imine (C=N–C) groups is 1. The van der Waals surface area contributed by atoms with E-state index in [1.807, 2.05) is 0 Å². The molecule has 0 aliphatic carbocycles. The molecular formula is C3H2N4O3. The van der Waals surface area contributed by atoms with Crippen molar-refractivity contribution in [1.82, 2.24) is 0 Å². The van der Waals surface area contributed by atoms with E-state index in [0.29, 0.717) is 0 Å². The lowest BCUT2D eigenvalue weighted by Crippen LogP contribution is -2.33. The highest BCUT2D eigenvalue weighted by atomic mass is 16.6. The number of aldehydes is 1. The van der Waals surface area contributed by atoms with E-state index in [1.165, 1.54) is 0 Å². The van der Waals surface area contributed by atoms with Crippen LogP contribution in [0.3, 0.4) is 0 Å². The number of azo groups is 1. The molecule has 0 fully saturated rings. The molecule has 1 unspecified atom stereocenters. The molecule has 7 heteroatoms. The van der Waals surface area contributed by atoms with E-state index in [1.54, 1.807) is 0 Å². The molecule has 0 spiro atoms. The first-order valence-electron chi connectivity index (χ1n) is 2.28. The van der Waals surface area contributed by atoms with Gasteiger partial charge in [-0.3, -0.25) is 14.9 Å². The van der Waals surface area contributed by atoms with Crippen LogP contribution in [-0.4, -0.2) is 23.3 Å². The molecule has 1 atom stereocenters. The van der Waals surface area contributed by atoms with Gasteiger partial charge in [0.15, 0.2) is 0 Å². The number of carbonyl (C=O) groups excluding carboxylic acids is 1. The lowest BCUT2D eigenvalue weighted by molar-refractivity contribution is -0.545. The Morgan fingerprint density at radius 3 is 2.60 bits per heavy atom. The Kier molecular flexibility index (Phi) is 1.25. The molecule has 1 rings (SSSR count). The fourth-order valence-corrected chi connectivity index (χ4v) is 0.428. The van der Waals surface area contributed by atoms with Crippen LogP contribution in [0, 0.1) is 10.1 Å². The molecule has 0 N–H and O–H groups in total. The first-order valence-corrected chi connectivity index (χ1v) is 2.28. The summed E-state index contributed by atoms with van der Waals surface area (Å²) in [6.07, 6.45) is 0.900. The third-order valence-corrected chi connectivity index (χ3v) is 0.931. The van der Waals surface area contributed by atoms with E-state index >= 15 is 0 Å². The molecule has 1 aliphatic rings. The minimum absolute atomic E-state index is 0.0278. The monoisotopic (exact) mass is 142 g/mol. The van der Waals surface area contributed by atoms with Crippen molar-refractivity contribution in [3.8, 4) is 0 Å². The summed E-state index contributed by atoms with van der Waals surface area (Å²) < 4.78 is 0. The molecule has 1 heterocycles. The van der Waals surface area contributed by atoms with Gasteiger partial charge in [-0.15, -0.1) is 5.11 Å². The van der Waals surface area contributed by atoms with Gasteiger partial charge >= 0.3 is 5.79 Å². The van der Waals surface area contributed by atoms with E-state index < -0.39 is 10.7 Å². The summed E-state index contributed by atoms with van der Waals surface area (Å²) in [7, 11) is 0. The largest absolute Gasteiger partial charge is 0.487 e. The van der Waals surface area contributed by atoms with Gasteiger partial charge in [0.05, 0.1) is 4.92 Å². The van der Waals surface area contributed by atoms with Gasteiger partial charge in [0.2, 0.25) is 6.29 Å². The highest BCUT2D eigenvalue weighted by molar-refractivity contribution is 5.69. The highest BCUT2D eigenvalue weighted by Gasteiger charge is 2.45. The fraction of sp³-hybridized carbons (Fsp3) is 0.333. The fourth-order valence-electron chi connectivity index (χ4n) is 0.428. The van der Waals surface area contributed by atoms with Crippen molar-refractivity contribution in [2.75, 3.05) is 0 Å². The smallest absolute Gasteiger partial charge is 0.290 e. The van der Waals surface area contributed by atoms with Crippen molar-refractivity contribution in [2.24, 2.45) is 15.2 Å². The Balaban J connectivity index is 3.01. The number of nitrogens with zero attached hydrogens (tertiary/aromatic N) is 4. The number of hydrogen-bond acceptors (Lipinski definition) is 6. The Labute approximate surface area is 54.6 Å². The lowest BCUT2D eigenvalue weighted by atomic mass is 10.4. The van der Waals surface area contributed by atoms with Gasteiger partial charge in [0, 0.05) is 0 Å². The average Bonchev–Trinajstić information content (AvgIpc) is 2.35. The number of rotatable bonds is 2. The zero-order valence-corrected chi connectivity index (χ0v) is 4.67. The van der Waals surface area contributed by atoms with Crippen molar-refractivity contribution >= 4 is 12.6 Å². The summed E-state index contributed by atoms with van der Waals surface area (Å²) in [5.74, 6) is -2.19. The molecule has 0 amide bonds. The molecule has 1 aliphatic heterocycles. The van der Waals surface area contributed by atoms with Crippen LogP contribution in [0.5, 0.6) is 0 Å². The van der Waals surface area contributed by atoms with E-state index in [-0.39, 0.29) is 6.29 Å². The van der Waals surface area contributed by atoms with Crippen molar-refractivity contribution in [3.63, 3.8) is 0 Å². The van der Waals surface area contributed by atoms with Gasteiger partial charge in [0.25, 0.3) is 0 Å². The molecular weight excluding hydrogens is 140 g/mol. The maximum Gasteiger partial charge on any atom is 0.487 e. The van der Waals surface area contributed by atoms with Crippen LogP contribution in [0.15, 0.2) is 15.2 Å².